The molecule has 0 radical (unpaired) electrons. The van der Waals surface area contributed by atoms with Crippen molar-refractivity contribution in [2.45, 2.75) is 51.4 Å². The summed E-state index contributed by atoms with van der Waals surface area (Å²) in [5.74, 6) is 0. The molecule has 1 unspecified atom stereocenters. The summed E-state index contributed by atoms with van der Waals surface area (Å²) in [6.07, 6.45) is 2.57. The average Bonchev–Trinajstić information content (AvgIpc) is 3.20. The minimum atomic E-state index is -0.124. The van der Waals surface area contributed by atoms with Crippen LogP contribution in [-0.4, -0.2) is 31.4 Å². The van der Waals surface area contributed by atoms with Crippen LogP contribution in [0.25, 0.3) is 0 Å². The summed E-state index contributed by atoms with van der Waals surface area (Å²) in [6.45, 7) is 8.16. The molecule has 0 spiro atoms. The highest BCUT2D eigenvalue weighted by atomic mass is 35.5. The van der Waals surface area contributed by atoms with E-state index in [0.717, 1.165) is 17.1 Å². The lowest BCUT2D eigenvalue weighted by atomic mass is 10.1. The third kappa shape index (κ3) is 6.79. The van der Waals surface area contributed by atoms with Crippen molar-refractivity contribution in [1.29, 1.82) is 0 Å². The van der Waals surface area contributed by atoms with Gasteiger partial charge in [0, 0.05) is 17.6 Å². The zero-order valence-electron chi connectivity index (χ0n) is 13.2. The molecular weight excluding hydrogens is 286 g/mol. The van der Waals surface area contributed by atoms with Gasteiger partial charge in [0.05, 0.1) is 24.9 Å². The summed E-state index contributed by atoms with van der Waals surface area (Å²) >= 11 is 6.08. The highest BCUT2D eigenvalue weighted by molar-refractivity contribution is 6.30. The zero-order chi connectivity index (χ0) is 15.3. The number of benzene rings is 1. The van der Waals surface area contributed by atoms with Crippen LogP contribution in [0.15, 0.2) is 24.3 Å². The Morgan fingerprint density at radius 3 is 2.67 bits per heavy atom. The van der Waals surface area contributed by atoms with E-state index in [4.69, 9.17) is 21.1 Å². The van der Waals surface area contributed by atoms with Crippen LogP contribution in [0.2, 0.25) is 5.02 Å². The molecule has 1 saturated carbocycles. The molecule has 0 heterocycles. The van der Waals surface area contributed by atoms with Crippen molar-refractivity contribution in [2.75, 3.05) is 19.8 Å². The second-order valence-electron chi connectivity index (χ2n) is 6.56. The van der Waals surface area contributed by atoms with Gasteiger partial charge in [0.15, 0.2) is 0 Å². The fraction of sp³-hybridized carbons (Fsp3) is 0.647. The molecule has 0 bridgehead atoms. The monoisotopic (exact) mass is 311 g/mol. The van der Waals surface area contributed by atoms with Crippen molar-refractivity contribution in [3.63, 3.8) is 0 Å². The zero-order valence-corrected chi connectivity index (χ0v) is 14.0. The molecule has 0 aliphatic heterocycles. The predicted molar refractivity (Wildman–Crippen MR) is 86.9 cm³/mol. The van der Waals surface area contributed by atoms with E-state index < -0.39 is 0 Å². The van der Waals surface area contributed by atoms with Gasteiger partial charge in [0.1, 0.15) is 0 Å². The summed E-state index contributed by atoms with van der Waals surface area (Å²) in [6, 6.07) is 8.57. The van der Waals surface area contributed by atoms with Crippen molar-refractivity contribution in [2.24, 2.45) is 0 Å². The third-order valence-electron chi connectivity index (χ3n) is 3.33. The number of hydrogen-bond donors (Lipinski definition) is 1. The Hall–Kier alpha value is -0.610. The second-order valence-corrected chi connectivity index (χ2v) is 6.99. The fourth-order valence-corrected chi connectivity index (χ4v) is 2.28. The highest BCUT2D eigenvalue weighted by Gasteiger charge is 2.23. The largest absolute Gasteiger partial charge is 0.373 e. The molecule has 1 aliphatic rings. The molecule has 118 valence electrons. The predicted octanol–water partition coefficient (Wildman–Crippen LogP) is 3.96. The van der Waals surface area contributed by atoms with E-state index in [-0.39, 0.29) is 11.7 Å². The van der Waals surface area contributed by atoms with Gasteiger partial charge in [-0.05, 0) is 51.3 Å². The third-order valence-corrected chi connectivity index (χ3v) is 3.56. The van der Waals surface area contributed by atoms with Crippen molar-refractivity contribution in [3.05, 3.63) is 34.9 Å². The summed E-state index contributed by atoms with van der Waals surface area (Å²) in [5, 5.41) is 4.27. The standard InChI is InChI=1S/C17H26ClNO2/c1-17(2,3)21-10-9-20-16(12-19-15-7-8-15)13-5-4-6-14(18)11-13/h4-6,11,15-16,19H,7-10,12H2,1-3H3. The Kier molecular flexibility index (Phi) is 6.06. The van der Waals surface area contributed by atoms with Gasteiger partial charge in [-0.25, -0.2) is 0 Å². The minimum absolute atomic E-state index is 0.0212. The van der Waals surface area contributed by atoms with Gasteiger partial charge in [0.2, 0.25) is 0 Å². The van der Waals surface area contributed by atoms with Crippen molar-refractivity contribution >= 4 is 11.6 Å². The molecule has 0 aromatic heterocycles. The molecule has 1 atom stereocenters. The maximum absolute atomic E-state index is 6.08. The fourth-order valence-electron chi connectivity index (χ4n) is 2.08. The first-order chi connectivity index (χ1) is 9.94. The van der Waals surface area contributed by atoms with Crippen LogP contribution in [0.1, 0.15) is 45.3 Å². The maximum Gasteiger partial charge on any atom is 0.0950 e. The number of halogens is 1. The van der Waals surface area contributed by atoms with Crippen molar-refractivity contribution < 1.29 is 9.47 Å². The first kappa shape index (κ1) is 16.8. The van der Waals surface area contributed by atoms with Gasteiger partial charge in [-0.2, -0.15) is 0 Å². The van der Waals surface area contributed by atoms with Crippen LogP contribution in [0, 0.1) is 0 Å². The van der Waals surface area contributed by atoms with Crippen LogP contribution in [0.5, 0.6) is 0 Å². The van der Waals surface area contributed by atoms with Crippen LogP contribution >= 0.6 is 11.6 Å². The summed E-state index contributed by atoms with van der Waals surface area (Å²) in [7, 11) is 0. The smallest absolute Gasteiger partial charge is 0.0950 e. The normalized spacial score (nSPS) is 17.0. The molecule has 21 heavy (non-hydrogen) atoms. The Morgan fingerprint density at radius 2 is 2.05 bits per heavy atom. The lowest BCUT2D eigenvalue weighted by Gasteiger charge is -2.22. The lowest BCUT2D eigenvalue weighted by Crippen LogP contribution is -2.27. The molecule has 1 aliphatic carbocycles. The van der Waals surface area contributed by atoms with Gasteiger partial charge in [-0.3, -0.25) is 0 Å². The molecule has 2 rings (SSSR count). The molecule has 3 nitrogen and oxygen atoms in total. The van der Waals surface area contributed by atoms with E-state index in [1.807, 2.05) is 18.2 Å². The topological polar surface area (TPSA) is 30.5 Å². The van der Waals surface area contributed by atoms with Gasteiger partial charge in [-0.1, -0.05) is 23.7 Å². The lowest BCUT2D eigenvalue weighted by molar-refractivity contribution is -0.0519. The van der Waals surface area contributed by atoms with Crippen molar-refractivity contribution in [3.8, 4) is 0 Å². The molecular formula is C17H26ClNO2. The molecule has 0 saturated heterocycles. The Bertz CT molecular complexity index is 441. The quantitative estimate of drug-likeness (QED) is 0.737. The SMILES string of the molecule is CC(C)(C)OCCOC(CNC1CC1)c1cccc(Cl)c1. The number of rotatable bonds is 8. The van der Waals surface area contributed by atoms with Crippen LogP contribution in [0.3, 0.4) is 0 Å². The van der Waals surface area contributed by atoms with E-state index in [1.165, 1.54) is 12.8 Å². The van der Waals surface area contributed by atoms with E-state index in [2.05, 4.69) is 32.2 Å². The molecule has 1 fully saturated rings. The number of nitrogens with one attached hydrogen (secondary N) is 1. The van der Waals surface area contributed by atoms with E-state index >= 15 is 0 Å². The van der Waals surface area contributed by atoms with Crippen LogP contribution < -0.4 is 5.32 Å². The highest BCUT2D eigenvalue weighted by Crippen LogP contribution is 2.24. The Labute approximate surface area is 133 Å². The summed E-state index contributed by atoms with van der Waals surface area (Å²) < 4.78 is 11.7. The molecule has 1 aromatic carbocycles. The van der Waals surface area contributed by atoms with Crippen LogP contribution in [0.4, 0.5) is 0 Å². The molecule has 0 amide bonds. The second kappa shape index (κ2) is 7.59. The number of ether oxygens (including phenoxy) is 2. The minimum Gasteiger partial charge on any atom is -0.373 e. The number of hydrogen-bond acceptors (Lipinski definition) is 3. The summed E-state index contributed by atoms with van der Waals surface area (Å²) in [4.78, 5) is 0. The van der Waals surface area contributed by atoms with E-state index in [9.17, 15) is 0 Å². The molecule has 1 aromatic rings. The Balaban J connectivity index is 1.85. The van der Waals surface area contributed by atoms with Gasteiger partial charge >= 0.3 is 0 Å². The maximum atomic E-state index is 6.08. The molecule has 1 N–H and O–H groups in total. The van der Waals surface area contributed by atoms with E-state index in [0.29, 0.717) is 19.3 Å². The summed E-state index contributed by atoms with van der Waals surface area (Å²) in [5.41, 5.74) is 0.993. The van der Waals surface area contributed by atoms with Gasteiger partial charge in [-0.15, -0.1) is 0 Å². The first-order valence-electron chi connectivity index (χ1n) is 7.68. The first-order valence-corrected chi connectivity index (χ1v) is 8.06. The van der Waals surface area contributed by atoms with Gasteiger partial charge in [0.25, 0.3) is 0 Å². The average molecular weight is 312 g/mol. The Morgan fingerprint density at radius 1 is 1.29 bits per heavy atom. The molecule has 4 heteroatoms. The van der Waals surface area contributed by atoms with Crippen LogP contribution in [-0.2, 0) is 9.47 Å². The van der Waals surface area contributed by atoms with Gasteiger partial charge < -0.3 is 14.8 Å². The van der Waals surface area contributed by atoms with Crippen molar-refractivity contribution in [1.82, 2.24) is 5.32 Å². The van der Waals surface area contributed by atoms with E-state index in [1.54, 1.807) is 0 Å².